The SMILES string of the molecule is c1ccc(-c2cccc(C[C@@H]3Cc4ccccc4-c4cc(-c5cc6c7ccccc7sc6c6c5c5ccccc5n6-c5ccc6ccccc6c5)ccc43)c2)cc1. The highest BCUT2D eigenvalue weighted by Crippen LogP contribution is 2.49. The molecule has 2 heteroatoms. The number of hydrogen-bond acceptors (Lipinski definition) is 1. The van der Waals surface area contributed by atoms with Crippen molar-refractivity contribution in [2.75, 3.05) is 0 Å². The van der Waals surface area contributed by atoms with Gasteiger partial charge < -0.3 is 4.57 Å². The Labute approximate surface area is 335 Å². The van der Waals surface area contributed by atoms with Crippen molar-refractivity contribution >= 4 is 64.1 Å². The zero-order valence-corrected chi connectivity index (χ0v) is 32.1. The first-order chi connectivity index (χ1) is 28.2. The first-order valence-corrected chi connectivity index (χ1v) is 20.8. The van der Waals surface area contributed by atoms with Crippen LogP contribution in [0.15, 0.2) is 194 Å². The quantitative estimate of drug-likeness (QED) is 0.165. The minimum absolute atomic E-state index is 0.383. The van der Waals surface area contributed by atoms with Gasteiger partial charge in [0.2, 0.25) is 0 Å². The first kappa shape index (κ1) is 32.5. The summed E-state index contributed by atoms with van der Waals surface area (Å²) in [5.41, 5.74) is 15.8. The van der Waals surface area contributed by atoms with E-state index in [2.05, 4.69) is 199 Å². The summed E-state index contributed by atoms with van der Waals surface area (Å²) < 4.78 is 5.19. The Morgan fingerprint density at radius 3 is 2.19 bits per heavy atom. The number of hydrogen-bond donors (Lipinski definition) is 0. The predicted octanol–water partition coefficient (Wildman–Crippen LogP) is 15.2. The highest BCUT2D eigenvalue weighted by molar-refractivity contribution is 7.26. The van der Waals surface area contributed by atoms with Crippen LogP contribution in [-0.2, 0) is 12.8 Å². The molecular formula is C55H37NS. The van der Waals surface area contributed by atoms with Gasteiger partial charge in [0.1, 0.15) is 0 Å². The van der Waals surface area contributed by atoms with Gasteiger partial charge in [-0.3, -0.25) is 0 Å². The topological polar surface area (TPSA) is 4.93 Å². The van der Waals surface area contributed by atoms with Crippen LogP contribution >= 0.6 is 11.3 Å². The molecule has 0 saturated carbocycles. The summed E-state index contributed by atoms with van der Waals surface area (Å²) in [5, 5.41) is 7.74. The minimum Gasteiger partial charge on any atom is -0.308 e. The molecule has 1 aliphatic carbocycles. The molecule has 2 aromatic heterocycles. The van der Waals surface area contributed by atoms with Gasteiger partial charge in [0.25, 0.3) is 0 Å². The van der Waals surface area contributed by atoms with Crippen LogP contribution in [-0.4, -0.2) is 4.57 Å². The van der Waals surface area contributed by atoms with Crippen LogP contribution in [0.3, 0.4) is 0 Å². The lowest BCUT2D eigenvalue weighted by atomic mass is 9.75. The van der Waals surface area contributed by atoms with Crippen LogP contribution in [0.25, 0.3) is 91.8 Å². The van der Waals surface area contributed by atoms with Crippen LogP contribution in [0.1, 0.15) is 22.6 Å². The standard InChI is InChI=1S/C55H37NS/c1-2-14-36(15-3-1)38-19-12-13-35(29-38)30-42-31-40-18-6-7-20-44(40)49-33-41(26-28-45(42)49)48-34-50-46-21-9-11-24-52(46)57-55(50)54-53(48)47-22-8-10-23-51(47)56(54)43-27-25-37-16-4-5-17-39(37)32-43/h1-29,32-34,42H,30-31H2/t42-/m1/s1. The van der Waals surface area contributed by atoms with Crippen molar-refractivity contribution in [3.05, 3.63) is 211 Å². The van der Waals surface area contributed by atoms with Gasteiger partial charge in [-0.15, -0.1) is 11.3 Å². The summed E-state index contributed by atoms with van der Waals surface area (Å²) >= 11 is 1.92. The van der Waals surface area contributed by atoms with Crippen molar-refractivity contribution in [1.29, 1.82) is 0 Å². The van der Waals surface area contributed by atoms with E-state index in [9.17, 15) is 0 Å². The molecule has 12 rings (SSSR count). The Morgan fingerprint density at radius 2 is 1.26 bits per heavy atom. The molecule has 0 spiro atoms. The van der Waals surface area contributed by atoms with Crippen molar-refractivity contribution in [2.45, 2.75) is 18.8 Å². The van der Waals surface area contributed by atoms with Crippen molar-refractivity contribution < 1.29 is 0 Å². The van der Waals surface area contributed by atoms with E-state index >= 15 is 0 Å². The van der Waals surface area contributed by atoms with Gasteiger partial charge in [0.05, 0.1) is 15.7 Å². The van der Waals surface area contributed by atoms with Crippen molar-refractivity contribution in [3.63, 3.8) is 0 Å². The second-order valence-corrected chi connectivity index (χ2v) is 16.7. The molecule has 0 amide bonds. The molecule has 9 aromatic carbocycles. The summed E-state index contributed by atoms with van der Waals surface area (Å²) in [6.45, 7) is 0. The molecule has 0 fully saturated rings. The molecular weight excluding hydrogens is 707 g/mol. The van der Waals surface area contributed by atoms with Crippen LogP contribution in [0, 0.1) is 0 Å². The number of para-hydroxylation sites is 1. The lowest BCUT2D eigenvalue weighted by Crippen LogP contribution is -2.14. The Hall–Kier alpha value is -6.74. The Balaban J connectivity index is 1.09. The molecule has 2 heterocycles. The fourth-order valence-corrected chi connectivity index (χ4v) is 11.0. The third-order valence-corrected chi connectivity index (χ3v) is 13.6. The van der Waals surface area contributed by atoms with Gasteiger partial charge in [0.15, 0.2) is 0 Å². The molecule has 0 N–H and O–H groups in total. The largest absolute Gasteiger partial charge is 0.308 e. The molecule has 0 radical (unpaired) electrons. The van der Waals surface area contributed by atoms with Gasteiger partial charge in [-0.05, 0) is 116 Å². The average Bonchev–Trinajstić information content (AvgIpc) is 3.83. The Bertz CT molecular complexity index is 3360. The number of aromatic nitrogens is 1. The summed E-state index contributed by atoms with van der Waals surface area (Å²) in [4.78, 5) is 0. The Kier molecular flexibility index (Phi) is 7.36. The zero-order valence-electron chi connectivity index (χ0n) is 31.3. The average molecular weight is 744 g/mol. The van der Waals surface area contributed by atoms with Crippen LogP contribution in [0.2, 0.25) is 0 Å². The molecule has 1 nitrogen and oxygen atoms in total. The maximum Gasteiger partial charge on any atom is 0.0726 e. The third-order valence-electron chi connectivity index (χ3n) is 12.4. The third kappa shape index (κ3) is 5.21. The van der Waals surface area contributed by atoms with E-state index in [1.54, 1.807) is 0 Å². The van der Waals surface area contributed by atoms with Crippen LogP contribution in [0.4, 0.5) is 0 Å². The van der Waals surface area contributed by atoms with E-state index in [1.807, 2.05) is 11.3 Å². The monoisotopic (exact) mass is 743 g/mol. The van der Waals surface area contributed by atoms with Gasteiger partial charge in [-0.2, -0.15) is 0 Å². The minimum atomic E-state index is 0.383. The fraction of sp³-hybridized carbons (Fsp3) is 0.0545. The van der Waals surface area contributed by atoms with Gasteiger partial charge >= 0.3 is 0 Å². The molecule has 0 saturated heterocycles. The zero-order chi connectivity index (χ0) is 37.5. The fourth-order valence-electron chi connectivity index (χ4n) is 9.76. The van der Waals surface area contributed by atoms with Crippen molar-refractivity contribution in [1.82, 2.24) is 4.57 Å². The highest BCUT2D eigenvalue weighted by atomic mass is 32.1. The molecule has 0 bridgehead atoms. The van der Waals surface area contributed by atoms with Gasteiger partial charge in [-0.25, -0.2) is 0 Å². The van der Waals surface area contributed by atoms with E-state index in [0.29, 0.717) is 5.92 Å². The highest BCUT2D eigenvalue weighted by Gasteiger charge is 2.27. The lowest BCUT2D eigenvalue weighted by Gasteiger charge is -2.29. The molecule has 0 unspecified atom stereocenters. The molecule has 268 valence electrons. The molecule has 0 aliphatic heterocycles. The normalized spacial score (nSPS) is 13.8. The van der Waals surface area contributed by atoms with E-state index in [-0.39, 0.29) is 0 Å². The smallest absolute Gasteiger partial charge is 0.0726 e. The molecule has 1 atom stereocenters. The Morgan fingerprint density at radius 1 is 0.491 bits per heavy atom. The first-order valence-electron chi connectivity index (χ1n) is 20.0. The second kappa shape index (κ2) is 12.9. The molecule has 11 aromatic rings. The summed E-state index contributed by atoms with van der Waals surface area (Å²) in [5.74, 6) is 0.383. The number of thiophene rings is 1. The van der Waals surface area contributed by atoms with Gasteiger partial charge in [0, 0.05) is 31.9 Å². The predicted molar refractivity (Wildman–Crippen MR) is 244 cm³/mol. The van der Waals surface area contributed by atoms with E-state index in [1.165, 1.54) is 109 Å². The number of fused-ring (bicyclic) bond motifs is 11. The second-order valence-electron chi connectivity index (χ2n) is 15.6. The summed E-state index contributed by atoms with van der Waals surface area (Å²) in [7, 11) is 0. The van der Waals surface area contributed by atoms with Crippen LogP contribution in [0.5, 0.6) is 0 Å². The maximum absolute atomic E-state index is 2.53. The van der Waals surface area contributed by atoms with Gasteiger partial charge in [-0.1, -0.05) is 158 Å². The molecule has 57 heavy (non-hydrogen) atoms. The maximum atomic E-state index is 2.53. The van der Waals surface area contributed by atoms with E-state index < -0.39 is 0 Å². The van der Waals surface area contributed by atoms with E-state index in [4.69, 9.17) is 0 Å². The molecule has 1 aliphatic rings. The van der Waals surface area contributed by atoms with E-state index in [0.717, 1.165) is 12.8 Å². The van der Waals surface area contributed by atoms with Crippen LogP contribution < -0.4 is 0 Å². The lowest BCUT2D eigenvalue weighted by molar-refractivity contribution is 0.673. The number of rotatable bonds is 5. The summed E-state index contributed by atoms with van der Waals surface area (Å²) in [6, 6.07) is 72.5. The summed E-state index contributed by atoms with van der Waals surface area (Å²) in [6.07, 6.45) is 2.03. The number of nitrogens with zero attached hydrogens (tertiary/aromatic N) is 1. The van der Waals surface area contributed by atoms with Crippen molar-refractivity contribution in [2.24, 2.45) is 0 Å². The van der Waals surface area contributed by atoms with Crippen molar-refractivity contribution in [3.8, 4) is 39.1 Å². The number of benzene rings is 9.